The smallest absolute Gasteiger partial charge is 0.231 e. The second kappa shape index (κ2) is 5.40. The predicted molar refractivity (Wildman–Crippen MR) is 77.2 cm³/mol. The quantitative estimate of drug-likeness (QED) is 0.622. The SMILES string of the molecule is N#C/C(=C/c1ccc2c(c1)OCO2)c1ccc(C#N)cc1. The van der Waals surface area contributed by atoms with Gasteiger partial charge in [0.15, 0.2) is 11.5 Å². The molecule has 0 spiro atoms. The first-order chi connectivity index (χ1) is 10.3. The fraction of sp³-hybridized carbons (Fsp3) is 0.0588. The Labute approximate surface area is 122 Å². The van der Waals surface area contributed by atoms with Gasteiger partial charge < -0.3 is 9.47 Å². The molecule has 0 fully saturated rings. The third kappa shape index (κ3) is 2.56. The highest BCUT2D eigenvalue weighted by molar-refractivity contribution is 5.90. The molecule has 100 valence electrons. The molecule has 2 aromatic rings. The molecule has 4 nitrogen and oxygen atoms in total. The Morgan fingerprint density at radius 1 is 1.00 bits per heavy atom. The van der Waals surface area contributed by atoms with Gasteiger partial charge in [0.05, 0.1) is 23.3 Å². The second-order valence-electron chi connectivity index (χ2n) is 4.47. The lowest BCUT2D eigenvalue weighted by Crippen LogP contribution is -1.92. The number of rotatable bonds is 2. The summed E-state index contributed by atoms with van der Waals surface area (Å²) >= 11 is 0. The van der Waals surface area contributed by atoms with Crippen molar-refractivity contribution in [1.82, 2.24) is 0 Å². The molecule has 0 aliphatic carbocycles. The van der Waals surface area contributed by atoms with Crippen LogP contribution in [0.15, 0.2) is 42.5 Å². The number of ether oxygens (including phenoxy) is 2. The molecule has 0 aromatic heterocycles. The van der Waals surface area contributed by atoms with Crippen LogP contribution in [-0.2, 0) is 0 Å². The average Bonchev–Trinajstić information content (AvgIpc) is 3.00. The summed E-state index contributed by atoms with van der Waals surface area (Å²) in [4.78, 5) is 0. The second-order valence-corrected chi connectivity index (χ2v) is 4.47. The molecule has 21 heavy (non-hydrogen) atoms. The van der Waals surface area contributed by atoms with Gasteiger partial charge in [-0.1, -0.05) is 18.2 Å². The van der Waals surface area contributed by atoms with Crippen LogP contribution in [0.4, 0.5) is 0 Å². The van der Waals surface area contributed by atoms with E-state index in [9.17, 15) is 5.26 Å². The highest BCUT2D eigenvalue weighted by atomic mass is 16.7. The van der Waals surface area contributed by atoms with Crippen LogP contribution in [-0.4, -0.2) is 6.79 Å². The fourth-order valence-electron chi connectivity index (χ4n) is 2.07. The van der Waals surface area contributed by atoms with Crippen molar-refractivity contribution in [2.75, 3.05) is 6.79 Å². The van der Waals surface area contributed by atoms with E-state index in [0.717, 1.165) is 11.1 Å². The molecule has 0 radical (unpaired) electrons. The summed E-state index contributed by atoms with van der Waals surface area (Å²) in [6.45, 7) is 0.225. The summed E-state index contributed by atoms with van der Waals surface area (Å²) in [5.74, 6) is 1.39. The maximum Gasteiger partial charge on any atom is 0.231 e. The van der Waals surface area contributed by atoms with Crippen molar-refractivity contribution in [2.45, 2.75) is 0 Å². The van der Waals surface area contributed by atoms with Crippen LogP contribution in [0.3, 0.4) is 0 Å². The lowest BCUT2D eigenvalue weighted by Gasteiger charge is -2.01. The predicted octanol–water partition coefficient (Wildman–Crippen LogP) is 3.35. The molecule has 0 atom stereocenters. The van der Waals surface area contributed by atoms with E-state index >= 15 is 0 Å². The Kier molecular flexibility index (Phi) is 3.29. The average molecular weight is 274 g/mol. The van der Waals surface area contributed by atoms with Gasteiger partial charge in [0.2, 0.25) is 6.79 Å². The maximum atomic E-state index is 9.32. The van der Waals surface area contributed by atoms with E-state index in [0.29, 0.717) is 22.6 Å². The summed E-state index contributed by atoms with van der Waals surface area (Å²) in [6.07, 6.45) is 1.78. The number of benzene rings is 2. The van der Waals surface area contributed by atoms with E-state index in [1.165, 1.54) is 0 Å². The van der Waals surface area contributed by atoms with Gasteiger partial charge in [0.1, 0.15) is 0 Å². The van der Waals surface area contributed by atoms with Gasteiger partial charge in [0, 0.05) is 0 Å². The number of hydrogen-bond acceptors (Lipinski definition) is 4. The van der Waals surface area contributed by atoms with Crippen LogP contribution in [0.5, 0.6) is 11.5 Å². The zero-order chi connectivity index (χ0) is 14.7. The van der Waals surface area contributed by atoms with Gasteiger partial charge >= 0.3 is 0 Å². The molecule has 0 bridgehead atoms. The summed E-state index contributed by atoms with van der Waals surface area (Å²) in [7, 11) is 0. The van der Waals surface area contributed by atoms with Gasteiger partial charge in [-0.2, -0.15) is 10.5 Å². The Balaban J connectivity index is 1.95. The van der Waals surface area contributed by atoms with Crippen LogP contribution >= 0.6 is 0 Å². The number of fused-ring (bicyclic) bond motifs is 1. The lowest BCUT2D eigenvalue weighted by molar-refractivity contribution is 0.174. The molecule has 0 N–H and O–H groups in total. The first kappa shape index (κ1) is 12.8. The molecule has 4 heteroatoms. The van der Waals surface area contributed by atoms with Crippen LogP contribution < -0.4 is 9.47 Å². The minimum Gasteiger partial charge on any atom is -0.454 e. The summed E-state index contributed by atoms with van der Waals surface area (Å²) < 4.78 is 10.6. The summed E-state index contributed by atoms with van der Waals surface area (Å²) in [5.41, 5.74) is 2.73. The molecule has 2 aromatic carbocycles. The Hall–Kier alpha value is -3.24. The van der Waals surface area contributed by atoms with Crippen molar-refractivity contribution in [3.05, 3.63) is 59.2 Å². The third-order valence-electron chi connectivity index (χ3n) is 3.15. The monoisotopic (exact) mass is 274 g/mol. The van der Waals surface area contributed by atoms with Crippen molar-refractivity contribution < 1.29 is 9.47 Å². The van der Waals surface area contributed by atoms with Crippen molar-refractivity contribution in [3.63, 3.8) is 0 Å². The number of nitriles is 2. The van der Waals surface area contributed by atoms with E-state index in [4.69, 9.17) is 14.7 Å². The zero-order valence-electron chi connectivity index (χ0n) is 11.0. The van der Waals surface area contributed by atoms with Crippen LogP contribution in [0.2, 0.25) is 0 Å². The molecule has 0 saturated carbocycles. The highest BCUT2D eigenvalue weighted by Gasteiger charge is 2.12. The molecule has 1 aliphatic heterocycles. The van der Waals surface area contributed by atoms with Gasteiger partial charge in [0.25, 0.3) is 0 Å². The van der Waals surface area contributed by atoms with Gasteiger partial charge in [-0.25, -0.2) is 0 Å². The molecule has 1 heterocycles. The summed E-state index contributed by atoms with van der Waals surface area (Å²) in [5, 5.41) is 18.1. The van der Waals surface area contributed by atoms with E-state index < -0.39 is 0 Å². The van der Waals surface area contributed by atoms with E-state index in [-0.39, 0.29) is 6.79 Å². The molecule has 1 aliphatic rings. The van der Waals surface area contributed by atoms with Gasteiger partial charge in [-0.05, 0) is 41.5 Å². The molecule has 3 rings (SSSR count). The Morgan fingerprint density at radius 2 is 1.76 bits per heavy atom. The standard InChI is InChI=1S/C17H10N2O2/c18-9-12-1-4-14(5-2-12)15(10-19)7-13-3-6-16-17(8-13)21-11-20-16/h1-8H,11H2/b15-7-. The van der Waals surface area contributed by atoms with Crippen LogP contribution in [0.1, 0.15) is 16.7 Å². The Bertz CT molecular complexity index is 793. The van der Waals surface area contributed by atoms with Crippen LogP contribution in [0.25, 0.3) is 11.6 Å². The van der Waals surface area contributed by atoms with E-state index in [1.807, 2.05) is 18.2 Å². The molecular weight excluding hydrogens is 264 g/mol. The zero-order valence-corrected chi connectivity index (χ0v) is 11.0. The molecule has 0 saturated heterocycles. The van der Waals surface area contributed by atoms with Crippen molar-refractivity contribution in [2.24, 2.45) is 0 Å². The van der Waals surface area contributed by atoms with Crippen molar-refractivity contribution >= 4 is 11.6 Å². The largest absolute Gasteiger partial charge is 0.454 e. The summed E-state index contributed by atoms with van der Waals surface area (Å²) in [6, 6.07) is 16.7. The minimum atomic E-state index is 0.225. The topological polar surface area (TPSA) is 66.0 Å². The van der Waals surface area contributed by atoms with Crippen molar-refractivity contribution in [3.8, 4) is 23.6 Å². The van der Waals surface area contributed by atoms with E-state index in [1.54, 1.807) is 30.3 Å². The molecule has 0 amide bonds. The van der Waals surface area contributed by atoms with Crippen LogP contribution in [0, 0.1) is 22.7 Å². The molecular formula is C17H10N2O2. The number of nitrogens with zero attached hydrogens (tertiary/aromatic N) is 2. The minimum absolute atomic E-state index is 0.225. The molecule has 0 unspecified atom stereocenters. The van der Waals surface area contributed by atoms with Gasteiger partial charge in [-0.3, -0.25) is 0 Å². The van der Waals surface area contributed by atoms with E-state index in [2.05, 4.69) is 12.1 Å². The lowest BCUT2D eigenvalue weighted by atomic mass is 10.0. The first-order valence-corrected chi connectivity index (χ1v) is 6.32. The Morgan fingerprint density at radius 3 is 2.48 bits per heavy atom. The highest BCUT2D eigenvalue weighted by Crippen LogP contribution is 2.33. The number of allylic oxidation sites excluding steroid dienone is 1. The van der Waals surface area contributed by atoms with Crippen molar-refractivity contribution in [1.29, 1.82) is 10.5 Å². The fourth-order valence-corrected chi connectivity index (χ4v) is 2.07. The maximum absolute atomic E-state index is 9.32. The first-order valence-electron chi connectivity index (χ1n) is 6.32. The number of hydrogen-bond donors (Lipinski definition) is 0. The normalized spacial score (nSPS) is 12.6. The third-order valence-corrected chi connectivity index (χ3v) is 3.15. The van der Waals surface area contributed by atoms with Gasteiger partial charge in [-0.15, -0.1) is 0 Å².